The smallest absolute Gasteiger partial charge is 0.317 e. The lowest BCUT2D eigenvalue weighted by Gasteiger charge is -2.40. The topological polar surface area (TPSA) is 50.8 Å². The highest BCUT2D eigenvalue weighted by Gasteiger charge is 2.42. The first kappa shape index (κ1) is 15.8. The number of piperidine rings is 1. The van der Waals surface area contributed by atoms with Crippen molar-refractivity contribution < 1.29 is 14.3 Å². The fourth-order valence-corrected chi connectivity index (χ4v) is 3.74. The summed E-state index contributed by atoms with van der Waals surface area (Å²) >= 11 is 0. The predicted octanol–water partition coefficient (Wildman–Crippen LogP) is 2.53. The molecule has 1 N–H and O–H groups in total. The van der Waals surface area contributed by atoms with Gasteiger partial charge < -0.3 is 19.7 Å². The molecule has 0 spiro atoms. The minimum atomic E-state index is -0.507. The number of nitrogens with zero attached hydrogens (tertiary/aromatic N) is 1. The number of hydrogen-bond donors (Lipinski definition) is 1. The summed E-state index contributed by atoms with van der Waals surface area (Å²) in [5.41, 5.74) is 0. The molecule has 2 heterocycles. The summed E-state index contributed by atoms with van der Waals surface area (Å²) in [6, 6.07) is 0.0702. The Morgan fingerprint density at radius 3 is 2.86 bits per heavy atom. The van der Waals surface area contributed by atoms with E-state index in [-0.39, 0.29) is 11.9 Å². The van der Waals surface area contributed by atoms with Crippen LogP contribution in [0.25, 0.3) is 0 Å². The van der Waals surface area contributed by atoms with E-state index in [9.17, 15) is 4.79 Å². The average Bonchev–Trinajstić information content (AvgIpc) is 3.02. The van der Waals surface area contributed by atoms with Crippen LogP contribution in [0.15, 0.2) is 12.2 Å². The van der Waals surface area contributed by atoms with Crippen LogP contribution in [0.3, 0.4) is 0 Å². The van der Waals surface area contributed by atoms with Gasteiger partial charge in [-0.3, -0.25) is 0 Å². The number of likely N-dealkylation sites (tertiary alicyclic amines) is 1. The van der Waals surface area contributed by atoms with E-state index in [4.69, 9.17) is 9.47 Å². The van der Waals surface area contributed by atoms with Gasteiger partial charge in [-0.05, 0) is 44.9 Å². The Balaban J connectivity index is 1.48. The minimum absolute atomic E-state index is 0.0702. The number of urea groups is 1. The summed E-state index contributed by atoms with van der Waals surface area (Å²) in [5, 5.41) is 3.12. The fraction of sp³-hybridized carbons (Fsp3) is 0.824. The molecule has 22 heavy (non-hydrogen) atoms. The van der Waals surface area contributed by atoms with Crippen molar-refractivity contribution in [3.05, 3.63) is 12.2 Å². The van der Waals surface area contributed by atoms with Gasteiger partial charge in [0.2, 0.25) is 0 Å². The van der Waals surface area contributed by atoms with Crippen LogP contribution in [0.4, 0.5) is 4.79 Å². The summed E-state index contributed by atoms with van der Waals surface area (Å²) in [4.78, 5) is 14.4. The van der Waals surface area contributed by atoms with Crippen molar-refractivity contribution in [2.75, 3.05) is 32.8 Å². The molecular formula is C17H28N2O3. The maximum atomic E-state index is 12.4. The van der Waals surface area contributed by atoms with Gasteiger partial charge >= 0.3 is 6.03 Å². The Morgan fingerprint density at radius 2 is 2.14 bits per heavy atom. The highest BCUT2D eigenvalue weighted by molar-refractivity contribution is 5.74. The molecule has 2 unspecified atom stereocenters. The molecule has 2 saturated heterocycles. The number of carbonyl (C=O) groups is 1. The lowest BCUT2D eigenvalue weighted by molar-refractivity contribution is -0.189. The number of ether oxygens (including phenoxy) is 2. The third kappa shape index (κ3) is 3.63. The summed E-state index contributed by atoms with van der Waals surface area (Å²) < 4.78 is 11.5. The van der Waals surface area contributed by atoms with E-state index in [0.29, 0.717) is 19.1 Å². The molecule has 0 bridgehead atoms. The van der Waals surface area contributed by atoms with Gasteiger partial charge in [0.25, 0.3) is 0 Å². The van der Waals surface area contributed by atoms with E-state index in [1.165, 1.54) is 6.42 Å². The van der Waals surface area contributed by atoms with Crippen LogP contribution in [-0.2, 0) is 9.47 Å². The molecule has 0 radical (unpaired) electrons. The first-order chi connectivity index (χ1) is 10.7. The van der Waals surface area contributed by atoms with Crippen LogP contribution in [-0.4, -0.2) is 49.6 Å². The van der Waals surface area contributed by atoms with E-state index in [2.05, 4.69) is 17.5 Å². The van der Waals surface area contributed by atoms with Crippen molar-refractivity contribution in [3.8, 4) is 0 Å². The normalized spacial score (nSPS) is 31.2. The standard InChI is InChI=1S/C17H28N2O3/c1-17(21-10-11-22-17)15-8-5-9-19(13-15)16(20)18-12-14-6-3-2-4-7-14/h2-3,14-15H,4-13H2,1H3,(H,18,20). The van der Waals surface area contributed by atoms with E-state index in [1.54, 1.807) is 0 Å². The van der Waals surface area contributed by atoms with Crippen LogP contribution in [0.1, 0.15) is 39.0 Å². The fourth-order valence-electron chi connectivity index (χ4n) is 3.74. The van der Waals surface area contributed by atoms with Gasteiger partial charge in [-0.1, -0.05) is 12.2 Å². The van der Waals surface area contributed by atoms with Crippen molar-refractivity contribution in [2.24, 2.45) is 11.8 Å². The zero-order chi connectivity index (χ0) is 15.4. The first-order valence-electron chi connectivity index (χ1n) is 8.63. The largest absolute Gasteiger partial charge is 0.347 e. The van der Waals surface area contributed by atoms with Crippen LogP contribution in [0.5, 0.6) is 0 Å². The van der Waals surface area contributed by atoms with Crippen molar-refractivity contribution in [1.82, 2.24) is 10.2 Å². The lowest BCUT2D eigenvalue weighted by atomic mass is 9.90. The summed E-state index contributed by atoms with van der Waals surface area (Å²) in [7, 11) is 0. The lowest BCUT2D eigenvalue weighted by Crippen LogP contribution is -2.51. The molecule has 2 fully saturated rings. The van der Waals surface area contributed by atoms with Crippen LogP contribution < -0.4 is 5.32 Å². The Hall–Kier alpha value is -1.07. The van der Waals surface area contributed by atoms with Gasteiger partial charge in [0.05, 0.1) is 13.2 Å². The quantitative estimate of drug-likeness (QED) is 0.815. The molecule has 5 nitrogen and oxygen atoms in total. The molecule has 0 aromatic rings. The third-order valence-corrected chi connectivity index (χ3v) is 5.23. The van der Waals surface area contributed by atoms with E-state index in [0.717, 1.165) is 45.3 Å². The van der Waals surface area contributed by atoms with Crippen molar-refractivity contribution in [1.29, 1.82) is 0 Å². The second-order valence-corrected chi connectivity index (χ2v) is 6.83. The summed E-state index contributed by atoms with van der Waals surface area (Å²) in [6.45, 7) is 5.69. The Kier molecular flexibility index (Phi) is 5.03. The number of amides is 2. The van der Waals surface area contributed by atoms with Gasteiger partial charge in [0, 0.05) is 25.6 Å². The predicted molar refractivity (Wildman–Crippen MR) is 84.5 cm³/mol. The second kappa shape index (κ2) is 7.01. The molecule has 2 atom stereocenters. The molecule has 2 amide bonds. The Labute approximate surface area is 133 Å². The monoisotopic (exact) mass is 308 g/mol. The molecular weight excluding hydrogens is 280 g/mol. The maximum Gasteiger partial charge on any atom is 0.317 e. The van der Waals surface area contributed by atoms with Crippen molar-refractivity contribution >= 4 is 6.03 Å². The summed E-state index contributed by atoms with van der Waals surface area (Å²) in [5.74, 6) is 0.355. The highest BCUT2D eigenvalue weighted by Crippen LogP contribution is 2.34. The zero-order valence-corrected chi connectivity index (χ0v) is 13.6. The van der Waals surface area contributed by atoms with E-state index >= 15 is 0 Å². The van der Waals surface area contributed by atoms with Crippen LogP contribution in [0.2, 0.25) is 0 Å². The number of hydrogen-bond acceptors (Lipinski definition) is 3. The van der Waals surface area contributed by atoms with Gasteiger partial charge in [0.15, 0.2) is 5.79 Å². The number of rotatable bonds is 3. The van der Waals surface area contributed by atoms with Gasteiger partial charge in [-0.25, -0.2) is 4.79 Å². The third-order valence-electron chi connectivity index (χ3n) is 5.23. The molecule has 3 aliphatic rings. The van der Waals surface area contributed by atoms with Gasteiger partial charge in [-0.2, -0.15) is 0 Å². The summed E-state index contributed by atoms with van der Waals surface area (Å²) in [6.07, 6.45) is 9.95. The van der Waals surface area contributed by atoms with Gasteiger partial charge in [-0.15, -0.1) is 0 Å². The molecule has 1 aliphatic carbocycles. The maximum absolute atomic E-state index is 12.4. The van der Waals surface area contributed by atoms with Gasteiger partial charge in [0.1, 0.15) is 0 Å². The molecule has 0 aromatic carbocycles. The van der Waals surface area contributed by atoms with Crippen molar-refractivity contribution in [2.45, 2.75) is 44.8 Å². The molecule has 124 valence electrons. The molecule has 0 aromatic heterocycles. The number of nitrogens with one attached hydrogen (secondary N) is 1. The second-order valence-electron chi connectivity index (χ2n) is 6.83. The van der Waals surface area contributed by atoms with Crippen LogP contribution in [0, 0.1) is 11.8 Å². The molecule has 2 aliphatic heterocycles. The number of carbonyl (C=O) groups excluding carboxylic acids is 1. The zero-order valence-electron chi connectivity index (χ0n) is 13.6. The molecule has 5 heteroatoms. The Bertz CT molecular complexity index is 418. The average molecular weight is 308 g/mol. The molecule has 3 rings (SSSR count). The number of allylic oxidation sites excluding steroid dienone is 2. The van der Waals surface area contributed by atoms with Crippen molar-refractivity contribution in [3.63, 3.8) is 0 Å². The first-order valence-corrected chi connectivity index (χ1v) is 8.63. The van der Waals surface area contributed by atoms with E-state index in [1.807, 2.05) is 11.8 Å². The molecule has 0 saturated carbocycles. The van der Waals surface area contributed by atoms with Crippen LogP contribution >= 0.6 is 0 Å². The SMILES string of the molecule is CC1(C2CCCN(C(=O)NCC3CC=CCC3)C2)OCCO1. The van der Waals surface area contributed by atoms with E-state index < -0.39 is 5.79 Å². The highest BCUT2D eigenvalue weighted by atomic mass is 16.7. The Morgan fingerprint density at radius 1 is 1.32 bits per heavy atom. The minimum Gasteiger partial charge on any atom is -0.347 e.